The summed E-state index contributed by atoms with van der Waals surface area (Å²) < 4.78 is 0. The number of nitrogens with zero attached hydrogens (tertiary/aromatic N) is 6. The number of hydrogen-bond acceptors (Lipinski definition) is 10. The van der Waals surface area contributed by atoms with Crippen LogP contribution in [-0.2, 0) is 0 Å². The molecule has 2 aromatic heterocycles. The molecule has 0 atom stereocenters. The van der Waals surface area contributed by atoms with Gasteiger partial charge in [0, 0.05) is 11.1 Å². The number of nitrogen functional groups attached to an aromatic ring is 4. The molecule has 3 aromatic rings. The SMILES string of the molecule is Nc1nc(N)nc(-c2ccc(-c3nc(N)nc(N)n3)cc2)n1. The van der Waals surface area contributed by atoms with Crippen molar-refractivity contribution in [3.63, 3.8) is 0 Å². The molecule has 1 aromatic carbocycles. The van der Waals surface area contributed by atoms with Crippen LogP contribution in [0.15, 0.2) is 24.3 Å². The van der Waals surface area contributed by atoms with E-state index in [2.05, 4.69) is 29.9 Å². The zero-order valence-electron chi connectivity index (χ0n) is 11.3. The quantitative estimate of drug-likeness (QED) is 0.490. The van der Waals surface area contributed by atoms with Gasteiger partial charge < -0.3 is 22.9 Å². The van der Waals surface area contributed by atoms with Crippen molar-refractivity contribution in [3.05, 3.63) is 24.3 Å². The molecule has 0 radical (unpaired) electrons. The molecule has 0 spiro atoms. The molecule has 0 aliphatic heterocycles. The number of rotatable bonds is 2. The van der Waals surface area contributed by atoms with E-state index < -0.39 is 0 Å². The van der Waals surface area contributed by atoms with Crippen LogP contribution in [0, 0.1) is 0 Å². The maximum atomic E-state index is 5.55. The fraction of sp³-hybridized carbons (Fsp3) is 0. The normalized spacial score (nSPS) is 10.5. The molecule has 0 saturated heterocycles. The van der Waals surface area contributed by atoms with E-state index in [-0.39, 0.29) is 23.8 Å². The number of benzene rings is 1. The van der Waals surface area contributed by atoms with Crippen LogP contribution in [0.2, 0.25) is 0 Å². The van der Waals surface area contributed by atoms with Crippen LogP contribution in [0.25, 0.3) is 22.8 Å². The van der Waals surface area contributed by atoms with Crippen LogP contribution in [0.1, 0.15) is 0 Å². The smallest absolute Gasteiger partial charge is 0.225 e. The van der Waals surface area contributed by atoms with Crippen molar-refractivity contribution in [1.82, 2.24) is 29.9 Å². The summed E-state index contributed by atoms with van der Waals surface area (Å²) >= 11 is 0. The van der Waals surface area contributed by atoms with E-state index in [1.165, 1.54) is 0 Å². The molecule has 0 fully saturated rings. The number of aromatic nitrogens is 6. The molecule has 2 heterocycles. The topological polar surface area (TPSA) is 181 Å². The van der Waals surface area contributed by atoms with Crippen molar-refractivity contribution in [2.24, 2.45) is 0 Å². The van der Waals surface area contributed by atoms with E-state index in [9.17, 15) is 0 Å². The minimum atomic E-state index is 0.0598. The Labute approximate surface area is 124 Å². The number of anilines is 4. The Balaban J connectivity index is 1.98. The monoisotopic (exact) mass is 296 g/mol. The number of nitrogens with two attached hydrogens (primary N) is 4. The molecule has 0 aliphatic carbocycles. The molecular weight excluding hydrogens is 284 g/mol. The van der Waals surface area contributed by atoms with Crippen molar-refractivity contribution >= 4 is 23.8 Å². The van der Waals surface area contributed by atoms with Crippen LogP contribution < -0.4 is 22.9 Å². The first-order chi connectivity index (χ1) is 10.5. The van der Waals surface area contributed by atoms with Gasteiger partial charge in [-0.25, -0.2) is 0 Å². The lowest BCUT2D eigenvalue weighted by Gasteiger charge is -2.05. The van der Waals surface area contributed by atoms with E-state index >= 15 is 0 Å². The van der Waals surface area contributed by atoms with E-state index in [1.54, 1.807) is 24.3 Å². The standard InChI is InChI=1S/C12H12N10/c13-9-17-7(18-10(14)21-9)5-1-2-6(4-3-5)8-19-11(15)22-12(16)20-8/h1-4H,(H4,13,14,17,18,21)(H4,15,16,19,20,22). The largest absolute Gasteiger partial charge is 0.368 e. The van der Waals surface area contributed by atoms with E-state index in [0.717, 1.165) is 11.1 Å². The van der Waals surface area contributed by atoms with Crippen molar-refractivity contribution < 1.29 is 0 Å². The molecule has 0 amide bonds. The van der Waals surface area contributed by atoms with Gasteiger partial charge in [0.25, 0.3) is 0 Å². The lowest BCUT2D eigenvalue weighted by atomic mass is 10.1. The Morgan fingerprint density at radius 3 is 1.00 bits per heavy atom. The summed E-state index contributed by atoms with van der Waals surface area (Å²) in [5.74, 6) is 1.00. The summed E-state index contributed by atoms with van der Waals surface area (Å²) in [6, 6.07) is 7.11. The molecule has 110 valence electrons. The average Bonchev–Trinajstić information content (AvgIpc) is 2.45. The molecule has 0 saturated carbocycles. The van der Waals surface area contributed by atoms with Crippen molar-refractivity contribution in [1.29, 1.82) is 0 Å². The van der Waals surface area contributed by atoms with Crippen LogP contribution in [-0.4, -0.2) is 29.9 Å². The average molecular weight is 296 g/mol. The van der Waals surface area contributed by atoms with Crippen molar-refractivity contribution in [2.75, 3.05) is 22.9 Å². The van der Waals surface area contributed by atoms with Crippen LogP contribution in [0.3, 0.4) is 0 Å². The summed E-state index contributed by atoms with van der Waals surface area (Å²) in [6.07, 6.45) is 0. The van der Waals surface area contributed by atoms with Gasteiger partial charge in [-0.15, -0.1) is 0 Å². The van der Waals surface area contributed by atoms with Gasteiger partial charge in [-0.1, -0.05) is 24.3 Å². The molecule has 3 rings (SSSR count). The summed E-state index contributed by atoms with van der Waals surface area (Å²) in [5.41, 5.74) is 23.7. The third kappa shape index (κ3) is 2.65. The highest BCUT2D eigenvalue weighted by molar-refractivity contribution is 5.64. The van der Waals surface area contributed by atoms with Crippen LogP contribution >= 0.6 is 0 Å². The maximum absolute atomic E-state index is 5.55. The molecule has 8 N–H and O–H groups in total. The first kappa shape index (κ1) is 13.4. The lowest BCUT2D eigenvalue weighted by Crippen LogP contribution is -2.05. The molecule has 0 unspecified atom stereocenters. The molecule has 22 heavy (non-hydrogen) atoms. The van der Waals surface area contributed by atoms with E-state index in [4.69, 9.17) is 22.9 Å². The minimum Gasteiger partial charge on any atom is -0.368 e. The second-order valence-corrected chi connectivity index (χ2v) is 4.33. The Morgan fingerprint density at radius 2 is 0.727 bits per heavy atom. The first-order valence-corrected chi connectivity index (χ1v) is 6.16. The molecule has 10 nitrogen and oxygen atoms in total. The molecule has 10 heteroatoms. The fourth-order valence-electron chi connectivity index (χ4n) is 1.85. The summed E-state index contributed by atoms with van der Waals surface area (Å²) in [5, 5.41) is 0. The van der Waals surface area contributed by atoms with Gasteiger partial charge in [0.15, 0.2) is 11.6 Å². The van der Waals surface area contributed by atoms with Crippen LogP contribution in [0.5, 0.6) is 0 Å². The van der Waals surface area contributed by atoms with Gasteiger partial charge >= 0.3 is 0 Å². The van der Waals surface area contributed by atoms with Crippen LogP contribution in [0.4, 0.5) is 23.8 Å². The Hall–Kier alpha value is -3.56. The summed E-state index contributed by atoms with van der Waals surface area (Å²) in [6.45, 7) is 0. The predicted molar refractivity (Wildman–Crippen MR) is 81.7 cm³/mol. The summed E-state index contributed by atoms with van der Waals surface area (Å²) in [7, 11) is 0. The van der Waals surface area contributed by atoms with Crippen molar-refractivity contribution in [3.8, 4) is 22.8 Å². The second-order valence-electron chi connectivity index (χ2n) is 4.33. The van der Waals surface area contributed by atoms with E-state index in [0.29, 0.717) is 11.6 Å². The molecular formula is C12H12N10. The number of hydrogen-bond donors (Lipinski definition) is 4. The maximum Gasteiger partial charge on any atom is 0.225 e. The van der Waals surface area contributed by atoms with Gasteiger partial charge in [-0.3, -0.25) is 0 Å². The van der Waals surface area contributed by atoms with E-state index in [1.807, 2.05) is 0 Å². The third-order valence-electron chi connectivity index (χ3n) is 2.74. The summed E-state index contributed by atoms with van der Waals surface area (Å²) in [4.78, 5) is 23.6. The second kappa shape index (κ2) is 5.09. The third-order valence-corrected chi connectivity index (χ3v) is 2.74. The van der Waals surface area contributed by atoms with Gasteiger partial charge in [0.05, 0.1) is 0 Å². The Kier molecular flexibility index (Phi) is 3.10. The molecule has 0 aliphatic rings. The molecule has 0 bridgehead atoms. The highest BCUT2D eigenvalue weighted by Crippen LogP contribution is 2.21. The van der Waals surface area contributed by atoms with Gasteiger partial charge in [-0.05, 0) is 0 Å². The van der Waals surface area contributed by atoms with Gasteiger partial charge in [0.1, 0.15) is 0 Å². The van der Waals surface area contributed by atoms with Gasteiger partial charge in [-0.2, -0.15) is 29.9 Å². The highest BCUT2D eigenvalue weighted by atomic mass is 15.1. The first-order valence-electron chi connectivity index (χ1n) is 6.16. The van der Waals surface area contributed by atoms with Gasteiger partial charge in [0.2, 0.25) is 23.8 Å². The zero-order chi connectivity index (χ0) is 15.7. The van der Waals surface area contributed by atoms with Crippen molar-refractivity contribution in [2.45, 2.75) is 0 Å². The minimum absolute atomic E-state index is 0.0598. The zero-order valence-corrected chi connectivity index (χ0v) is 11.3. The highest BCUT2D eigenvalue weighted by Gasteiger charge is 2.08. The fourth-order valence-corrected chi connectivity index (χ4v) is 1.85. The lowest BCUT2D eigenvalue weighted by molar-refractivity contribution is 1.08. The Bertz CT molecular complexity index is 719. The predicted octanol–water partition coefficient (Wildman–Crippen LogP) is -0.281. The Morgan fingerprint density at radius 1 is 0.455 bits per heavy atom.